The van der Waals surface area contributed by atoms with Crippen LogP contribution in [0.1, 0.15) is 12.8 Å². The molecular weight excluding hydrogens is 176 g/mol. The van der Waals surface area contributed by atoms with E-state index in [2.05, 4.69) is 16.8 Å². The van der Waals surface area contributed by atoms with Crippen LogP contribution >= 0.6 is 0 Å². The van der Waals surface area contributed by atoms with E-state index in [0.29, 0.717) is 0 Å². The highest BCUT2D eigenvalue weighted by Gasteiger charge is 2.27. The first-order chi connectivity index (χ1) is 6.88. The SMILES string of the molecule is C=CCNCCN(CCOC)C1CC1. The van der Waals surface area contributed by atoms with Gasteiger partial charge >= 0.3 is 0 Å². The summed E-state index contributed by atoms with van der Waals surface area (Å²) in [6, 6.07) is 0.829. The molecule has 0 aromatic heterocycles. The molecular formula is C11H22N2O. The van der Waals surface area contributed by atoms with Crippen LogP contribution in [-0.4, -0.2) is 50.8 Å². The van der Waals surface area contributed by atoms with Gasteiger partial charge in [-0.3, -0.25) is 4.90 Å². The first-order valence-electron chi connectivity index (χ1n) is 5.43. The topological polar surface area (TPSA) is 24.5 Å². The number of hydrogen-bond acceptors (Lipinski definition) is 3. The zero-order valence-electron chi connectivity index (χ0n) is 9.17. The highest BCUT2D eigenvalue weighted by Crippen LogP contribution is 2.25. The van der Waals surface area contributed by atoms with Gasteiger partial charge in [0.05, 0.1) is 6.61 Å². The number of nitrogens with one attached hydrogen (secondary N) is 1. The van der Waals surface area contributed by atoms with Gasteiger partial charge < -0.3 is 10.1 Å². The maximum Gasteiger partial charge on any atom is 0.0589 e. The number of hydrogen-bond donors (Lipinski definition) is 1. The number of rotatable bonds is 9. The Balaban J connectivity index is 2.05. The van der Waals surface area contributed by atoms with E-state index in [9.17, 15) is 0 Å². The Morgan fingerprint density at radius 2 is 2.29 bits per heavy atom. The van der Waals surface area contributed by atoms with Crippen LogP contribution in [0.3, 0.4) is 0 Å². The molecule has 1 N–H and O–H groups in total. The van der Waals surface area contributed by atoms with Gasteiger partial charge in [0, 0.05) is 39.3 Å². The molecule has 82 valence electrons. The lowest BCUT2D eigenvalue weighted by Crippen LogP contribution is -2.36. The van der Waals surface area contributed by atoms with Gasteiger partial charge in [-0.2, -0.15) is 0 Å². The third-order valence-corrected chi connectivity index (χ3v) is 2.51. The Labute approximate surface area is 87.1 Å². The maximum atomic E-state index is 5.10. The summed E-state index contributed by atoms with van der Waals surface area (Å²) in [5.74, 6) is 0. The van der Waals surface area contributed by atoms with E-state index >= 15 is 0 Å². The average Bonchev–Trinajstić information content (AvgIpc) is 3.00. The van der Waals surface area contributed by atoms with E-state index in [1.165, 1.54) is 12.8 Å². The second-order valence-electron chi connectivity index (χ2n) is 3.75. The molecule has 1 rings (SSSR count). The third kappa shape index (κ3) is 4.74. The highest BCUT2D eigenvalue weighted by atomic mass is 16.5. The second kappa shape index (κ2) is 6.98. The Bertz CT molecular complexity index is 157. The van der Waals surface area contributed by atoms with Crippen molar-refractivity contribution in [2.24, 2.45) is 0 Å². The van der Waals surface area contributed by atoms with Crippen LogP contribution < -0.4 is 5.32 Å². The van der Waals surface area contributed by atoms with Crippen molar-refractivity contribution in [1.82, 2.24) is 10.2 Å². The van der Waals surface area contributed by atoms with E-state index in [0.717, 1.165) is 38.8 Å². The fourth-order valence-electron chi connectivity index (χ4n) is 1.55. The summed E-state index contributed by atoms with van der Waals surface area (Å²) in [4.78, 5) is 2.51. The summed E-state index contributed by atoms with van der Waals surface area (Å²) in [5, 5.41) is 3.32. The lowest BCUT2D eigenvalue weighted by Gasteiger charge is -2.21. The lowest BCUT2D eigenvalue weighted by molar-refractivity contribution is 0.144. The van der Waals surface area contributed by atoms with Crippen molar-refractivity contribution in [2.45, 2.75) is 18.9 Å². The van der Waals surface area contributed by atoms with Gasteiger partial charge in [0.25, 0.3) is 0 Å². The molecule has 14 heavy (non-hydrogen) atoms. The number of methoxy groups -OCH3 is 1. The summed E-state index contributed by atoms with van der Waals surface area (Å²) >= 11 is 0. The zero-order valence-corrected chi connectivity index (χ0v) is 9.17. The lowest BCUT2D eigenvalue weighted by atomic mass is 10.4. The molecule has 0 aliphatic heterocycles. The summed E-state index contributed by atoms with van der Waals surface area (Å²) in [7, 11) is 1.76. The zero-order chi connectivity index (χ0) is 10.2. The fraction of sp³-hybridized carbons (Fsp3) is 0.818. The number of ether oxygens (including phenoxy) is 1. The maximum absolute atomic E-state index is 5.10. The van der Waals surface area contributed by atoms with E-state index < -0.39 is 0 Å². The summed E-state index contributed by atoms with van der Waals surface area (Å²) < 4.78 is 5.10. The Morgan fingerprint density at radius 3 is 2.86 bits per heavy atom. The standard InChI is InChI=1S/C11H22N2O/c1-3-6-12-7-8-13(9-10-14-2)11-4-5-11/h3,11-12H,1,4-10H2,2H3. The molecule has 1 saturated carbocycles. The van der Waals surface area contributed by atoms with Gasteiger partial charge in [-0.1, -0.05) is 6.08 Å². The molecule has 0 aromatic carbocycles. The first kappa shape index (κ1) is 11.7. The molecule has 0 radical (unpaired) electrons. The molecule has 0 atom stereocenters. The third-order valence-electron chi connectivity index (χ3n) is 2.51. The van der Waals surface area contributed by atoms with Gasteiger partial charge in [-0.05, 0) is 12.8 Å². The highest BCUT2D eigenvalue weighted by molar-refractivity contribution is 4.84. The van der Waals surface area contributed by atoms with Crippen LogP contribution in [-0.2, 0) is 4.74 Å². The predicted octanol–water partition coefficient (Wildman–Crippen LogP) is 0.873. The average molecular weight is 198 g/mol. The molecule has 3 nitrogen and oxygen atoms in total. The minimum atomic E-state index is 0.829. The molecule has 0 heterocycles. The fourth-order valence-corrected chi connectivity index (χ4v) is 1.55. The van der Waals surface area contributed by atoms with E-state index in [1.54, 1.807) is 7.11 Å². The molecule has 0 aromatic rings. The Hall–Kier alpha value is -0.380. The summed E-state index contributed by atoms with van der Waals surface area (Å²) in [5.41, 5.74) is 0. The molecule has 0 bridgehead atoms. The van der Waals surface area contributed by atoms with Gasteiger partial charge in [0.15, 0.2) is 0 Å². The monoisotopic (exact) mass is 198 g/mol. The van der Waals surface area contributed by atoms with Crippen LogP contribution in [0.2, 0.25) is 0 Å². The molecule has 0 unspecified atom stereocenters. The minimum absolute atomic E-state index is 0.829. The molecule has 0 spiro atoms. The van der Waals surface area contributed by atoms with Crippen LogP contribution in [0, 0.1) is 0 Å². The predicted molar refractivity (Wildman–Crippen MR) is 59.5 cm³/mol. The first-order valence-corrected chi connectivity index (χ1v) is 5.43. The van der Waals surface area contributed by atoms with Crippen molar-refractivity contribution in [3.8, 4) is 0 Å². The van der Waals surface area contributed by atoms with Crippen molar-refractivity contribution >= 4 is 0 Å². The number of nitrogens with zero attached hydrogens (tertiary/aromatic N) is 1. The Morgan fingerprint density at radius 1 is 1.50 bits per heavy atom. The smallest absolute Gasteiger partial charge is 0.0589 e. The van der Waals surface area contributed by atoms with Crippen LogP contribution in [0.4, 0.5) is 0 Å². The normalized spacial score (nSPS) is 16.1. The van der Waals surface area contributed by atoms with Crippen LogP contribution in [0.15, 0.2) is 12.7 Å². The van der Waals surface area contributed by atoms with Crippen molar-refractivity contribution in [3.63, 3.8) is 0 Å². The molecule has 3 heteroatoms. The van der Waals surface area contributed by atoms with Crippen molar-refractivity contribution in [3.05, 3.63) is 12.7 Å². The van der Waals surface area contributed by atoms with Gasteiger partial charge in [-0.25, -0.2) is 0 Å². The minimum Gasteiger partial charge on any atom is -0.383 e. The van der Waals surface area contributed by atoms with Crippen LogP contribution in [0.25, 0.3) is 0 Å². The molecule has 1 fully saturated rings. The van der Waals surface area contributed by atoms with Gasteiger partial charge in [-0.15, -0.1) is 6.58 Å². The Kier molecular flexibility index (Phi) is 5.83. The molecule has 1 aliphatic rings. The molecule has 0 amide bonds. The molecule has 0 saturated heterocycles. The van der Waals surface area contributed by atoms with Crippen molar-refractivity contribution in [2.75, 3.05) is 39.9 Å². The van der Waals surface area contributed by atoms with Gasteiger partial charge in [0.2, 0.25) is 0 Å². The molecule has 1 aliphatic carbocycles. The van der Waals surface area contributed by atoms with Crippen LogP contribution in [0.5, 0.6) is 0 Å². The summed E-state index contributed by atoms with van der Waals surface area (Å²) in [6.45, 7) is 8.67. The van der Waals surface area contributed by atoms with E-state index in [4.69, 9.17) is 4.74 Å². The summed E-state index contributed by atoms with van der Waals surface area (Å²) in [6.07, 6.45) is 4.63. The van der Waals surface area contributed by atoms with Crippen molar-refractivity contribution < 1.29 is 4.74 Å². The van der Waals surface area contributed by atoms with E-state index in [1.807, 2.05) is 6.08 Å². The largest absolute Gasteiger partial charge is 0.383 e. The van der Waals surface area contributed by atoms with Gasteiger partial charge in [0.1, 0.15) is 0 Å². The quantitative estimate of drug-likeness (QED) is 0.439. The van der Waals surface area contributed by atoms with E-state index in [-0.39, 0.29) is 0 Å². The van der Waals surface area contributed by atoms with Crippen molar-refractivity contribution in [1.29, 1.82) is 0 Å². The second-order valence-corrected chi connectivity index (χ2v) is 3.75.